The van der Waals surface area contributed by atoms with Crippen LogP contribution in [-0.4, -0.2) is 18.6 Å². The Kier molecular flexibility index (Phi) is 2.09. The monoisotopic (exact) mass is 148 g/mol. The molecule has 0 amide bonds. The van der Waals surface area contributed by atoms with E-state index in [1.807, 2.05) is 6.92 Å². The zero-order chi connectivity index (χ0) is 7.56. The summed E-state index contributed by atoms with van der Waals surface area (Å²) in [5.74, 6) is 0. The number of hydrogen-bond donors (Lipinski definition) is 0. The highest BCUT2D eigenvalue weighted by Crippen LogP contribution is 2.19. The van der Waals surface area contributed by atoms with Gasteiger partial charge in [-0.3, -0.25) is 0 Å². The van der Waals surface area contributed by atoms with Crippen molar-refractivity contribution in [3.63, 3.8) is 0 Å². The summed E-state index contributed by atoms with van der Waals surface area (Å²) in [4.78, 5) is 10.3. The third-order valence-corrected chi connectivity index (χ3v) is 1.32. The van der Waals surface area contributed by atoms with E-state index in [2.05, 4.69) is 9.47 Å². The predicted molar refractivity (Wildman–Crippen MR) is 31.2 cm³/mol. The van der Waals surface area contributed by atoms with Gasteiger partial charge in [0, 0.05) is 0 Å². The Labute approximate surface area is 58.1 Å². The molecule has 0 bridgehead atoms. The summed E-state index contributed by atoms with van der Waals surface area (Å²) >= 11 is 0. The molecule has 58 valence electrons. The van der Waals surface area contributed by atoms with E-state index >= 15 is 0 Å². The SMILES string of the molecule is CCC[C@@H]1OC(=O)O[C@H]1F. The summed E-state index contributed by atoms with van der Waals surface area (Å²) in [5, 5.41) is 0. The van der Waals surface area contributed by atoms with Gasteiger partial charge in [-0.05, 0) is 6.42 Å². The molecule has 1 heterocycles. The Bertz CT molecular complexity index is 137. The molecular formula is C6H9FO3. The maximum absolute atomic E-state index is 12.5. The van der Waals surface area contributed by atoms with Crippen LogP contribution >= 0.6 is 0 Å². The molecule has 4 heteroatoms. The Balaban J connectivity index is 2.38. The highest BCUT2D eigenvalue weighted by molar-refractivity contribution is 5.62. The average Bonchev–Trinajstić information content (AvgIpc) is 2.13. The molecule has 3 nitrogen and oxygen atoms in total. The van der Waals surface area contributed by atoms with Crippen LogP contribution < -0.4 is 0 Å². The third kappa shape index (κ3) is 1.37. The largest absolute Gasteiger partial charge is 0.511 e. The van der Waals surface area contributed by atoms with Gasteiger partial charge in [-0.1, -0.05) is 13.3 Å². The van der Waals surface area contributed by atoms with Crippen LogP contribution in [-0.2, 0) is 9.47 Å². The lowest BCUT2D eigenvalue weighted by Gasteiger charge is -2.04. The molecule has 10 heavy (non-hydrogen) atoms. The Hall–Kier alpha value is -0.800. The van der Waals surface area contributed by atoms with Crippen LogP contribution in [0.4, 0.5) is 9.18 Å². The van der Waals surface area contributed by atoms with Crippen molar-refractivity contribution in [1.29, 1.82) is 0 Å². The van der Waals surface area contributed by atoms with Crippen LogP contribution in [0.1, 0.15) is 19.8 Å². The molecule has 2 atom stereocenters. The molecule has 0 radical (unpaired) electrons. The fraction of sp³-hybridized carbons (Fsp3) is 0.833. The molecule has 0 aromatic heterocycles. The van der Waals surface area contributed by atoms with Gasteiger partial charge in [0.05, 0.1) is 0 Å². The smallest absolute Gasteiger partial charge is 0.424 e. The van der Waals surface area contributed by atoms with Crippen LogP contribution in [0.2, 0.25) is 0 Å². The Morgan fingerprint density at radius 1 is 1.60 bits per heavy atom. The average molecular weight is 148 g/mol. The molecule has 1 fully saturated rings. The number of alkyl halides is 1. The standard InChI is InChI=1S/C6H9FO3/c1-2-3-4-5(7)10-6(8)9-4/h4-5H,2-3H2,1H3/t4-,5+/m0/s1. The first-order chi connectivity index (χ1) is 4.74. The summed E-state index contributed by atoms with van der Waals surface area (Å²) in [6.45, 7) is 1.89. The number of carbonyl (C=O) groups excluding carboxylic acids is 1. The van der Waals surface area contributed by atoms with E-state index < -0.39 is 18.6 Å². The molecule has 0 N–H and O–H groups in total. The van der Waals surface area contributed by atoms with E-state index in [0.29, 0.717) is 6.42 Å². The van der Waals surface area contributed by atoms with Gasteiger partial charge in [0.2, 0.25) is 0 Å². The summed E-state index contributed by atoms with van der Waals surface area (Å²) in [6, 6.07) is 0. The maximum atomic E-state index is 12.5. The zero-order valence-corrected chi connectivity index (χ0v) is 5.67. The summed E-state index contributed by atoms with van der Waals surface area (Å²) < 4.78 is 21.0. The zero-order valence-electron chi connectivity index (χ0n) is 5.67. The number of carbonyl (C=O) groups is 1. The summed E-state index contributed by atoms with van der Waals surface area (Å²) in [5.41, 5.74) is 0. The maximum Gasteiger partial charge on any atom is 0.511 e. The Morgan fingerprint density at radius 2 is 2.30 bits per heavy atom. The molecule has 0 saturated carbocycles. The molecule has 1 saturated heterocycles. The summed E-state index contributed by atoms with van der Waals surface area (Å²) in [7, 11) is 0. The van der Waals surface area contributed by atoms with Crippen molar-refractivity contribution in [2.45, 2.75) is 32.2 Å². The van der Waals surface area contributed by atoms with Crippen molar-refractivity contribution in [2.24, 2.45) is 0 Å². The van der Waals surface area contributed by atoms with Crippen LogP contribution in [0.5, 0.6) is 0 Å². The van der Waals surface area contributed by atoms with Crippen LogP contribution in [0.25, 0.3) is 0 Å². The molecule has 1 aliphatic rings. The second-order valence-electron chi connectivity index (χ2n) is 2.16. The number of ether oxygens (including phenoxy) is 2. The minimum atomic E-state index is -1.56. The first-order valence-corrected chi connectivity index (χ1v) is 3.25. The first kappa shape index (κ1) is 7.31. The fourth-order valence-electron chi connectivity index (χ4n) is 0.847. The Morgan fingerprint density at radius 3 is 2.70 bits per heavy atom. The van der Waals surface area contributed by atoms with Crippen molar-refractivity contribution < 1.29 is 18.7 Å². The van der Waals surface area contributed by atoms with E-state index in [0.717, 1.165) is 6.42 Å². The quantitative estimate of drug-likeness (QED) is 0.558. The lowest BCUT2D eigenvalue weighted by molar-refractivity contribution is 0.0283. The van der Waals surface area contributed by atoms with Crippen molar-refractivity contribution in [1.82, 2.24) is 0 Å². The van der Waals surface area contributed by atoms with Crippen LogP contribution in [0.15, 0.2) is 0 Å². The highest BCUT2D eigenvalue weighted by Gasteiger charge is 2.35. The van der Waals surface area contributed by atoms with Gasteiger partial charge in [0.15, 0.2) is 6.10 Å². The number of halogens is 1. The second kappa shape index (κ2) is 2.86. The molecule has 1 rings (SSSR count). The molecule has 1 aliphatic heterocycles. The van der Waals surface area contributed by atoms with Gasteiger partial charge in [-0.25, -0.2) is 4.79 Å². The lowest BCUT2D eigenvalue weighted by atomic mass is 10.2. The lowest BCUT2D eigenvalue weighted by Crippen LogP contribution is -2.16. The van der Waals surface area contributed by atoms with Gasteiger partial charge >= 0.3 is 6.16 Å². The fourth-order valence-corrected chi connectivity index (χ4v) is 0.847. The van der Waals surface area contributed by atoms with Gasteiger partial charge in [-0.2, -0.15) is 4.39 Å². The van der Waals surface area contributed by atoms with E-state index in [-0.39, 0.29) is 0 Å². The highest BCUT2D eigenvalue weighted by atomic mass is 19.1. The van der Waals surface area contributed by atoms with Gasteiger partial charge < -0.3 is 9.47 Å². The van der Waals surface area contributed by atoms with Crippen LogP contribution in [0, 0.1) is 0 Å². The van der Waals surface area contributed by atoms with Crippen LogP contribution in [0.3, 0.4) is 0 Å². The van der Waals surface area contributed by atoms with Crippen molar-refractivity contribution in [2.75, 3.05) is 0 Å². The number of rotatable bonds is 2. The van der Waals surface area contributed by atoms with Gasteiger partial charge in [-0.15, -0.1) is 0 Å². The van der Waals surface area contributed by atoms with Crippen molar-refractivity contribution >= 4 is 6.16 Å². The molecular weight excluding hydrogens is 139 g/mol. The van der Waals surface area contributed by atoms with E-state index in [1.54, 1.807) is 0 Å². The number of hydrogen-bond acceptors (Lipinski definition) is 3. The minimum Gasteiger partial charge on any atom is -0.424 e. The first-order valence-electron chi connectivity index (χ1n) is 3.25. The van der Waals surface area contributed by atoms with E-state index in [1.165, 1.54) is 0 Å². The third-order valence-electron chi connectivity index (χ3n) is 1.32. The summed E-state index contributed by atoms with van der Waals surface area (Å²) in [6.07, 6.45) is -1.84. The molecule has 0 spiro atoms. The van der Waals surface area contributed by atoms with Gasteiger partial charge in [0.25, 0.3) is 6.36 Å². The predicted octanol–water partition coefficient (Wildman–Crippen LogP) is 1.62. The minimum absolute atomic E-state index is 0.521. The molecule has 0 aliphatic carbocycles. The van der Waals surface area contributed by atoms with Crippen molar-refractivity contribution in [3.05, 3.63) is 0 Å². The molecule has 0 aromatic rings. The normalized spacial score (nSPS) is 31.6. The van der Waals surface area contributed by atoms with Crippen molar-refractivity contribution in [3.8, 4) is 0 Å². The molecule has 0 aromatic carbocycles. The topological polar surface area (TPSA) is 35.5 Å². The number of cyclic esters (lactones) is 2. The van der Waals surface area contributed by atoms with E-state index in [4.69, 9.17) is 0 Å². The molecule has 0 unspecified atom stereocenters. The second-order valence-corrected chi connectivity index (χ2v) is 2.16. The van der Waals surface area contributed by atoms with E-state index in [9.17, 15) is 9.18 Å². The van der Waals surface area contributed by atoms with Gasteiger partial charge in [0.1, 0.15) is 0 Å².